The van der Waals surface area contributed by atoms with Crippen molar-refractivity contribution in [3.8, 4) is 11.1 Å². The van der Waals surface area contributed by atoms with Crippen molar-refractivity contribution in [3.05, 3.63) is 87.9 Å². The van der Waals surface area contributed by atoms with Gasteiger partial charge in [-0.3, -0.25) is 9.20 Å². The van der Waals surface area contributed by atoms with Crippen LogP contribution in [-0.4, -0.2) is 19.5 Å². The number of aryl methyl sites for hydroxylation is 2. The van der Waals surface area contributed by atoms with Crippen molar-refractivity contribution in [2.75, 3.05) is 0 Å². The second-order valence-corrected chi connectivity index (χ2v) is 8.35. The SMILES string of the molecule is Cc1noc(C)c1-c1ccc2c(c1)c(=O)[nH]c1cnc(C(c3ccccc3)C(C)C)n12. The van der Waals surface area contributed by atoms with Gasteiger partial charge in [-0.25, -0.2) is 4.98 Å². The summed E-state index contributed by atoms with van der Waals surface area (Å²) in [7, 11) is 0. The quantitative estimate of drug-likeness (QED) is 0.438. The molecule has 5 aromatic rings. The number of hydrogen-bond acceptors (Lipinski definition) is 4. The first-order valence-corrected chi connectivity index (χ1v) is 10.5. The van der Waals surface area contributed by atoms with Crippen molar-refractivity contribution in [2.45, 2.75) is 33.6 Å². The molecule has 31 heavy (non-hydrogen) atoms. The minimum absolute atomic E-state index is 0.0973. The molecule has 0 saturated carbocycles. The zero-order valence-electron chi connectivity index (χ0n) is 18.0. The van der Waals surface area contributed by atoms with E-state index in [0.29, 0.717) is 17.0 Å². The van der Waals surface area contributed by atoms with Crippen molar-refractivity contribution in [1.29, 1.82) is 0 Å². The molecule has 0 aliphatic carbocycles. The second-order valence-electron chi connectivity index (χ2n) is 8.35. The number of nitrogens with one attached hydrogen (secondary N) is 1. The van der Waals surface area contributed by atoms with E-state index in [2.05, 4.69) is 52.7 Å². The molecule has 0 spiro atoms. The normalized spacial score (nSPS) is 12.8. The van der Waals surface area contributed by atoms with Crippen LogP contribution in [0.1, 0.15) is 42.6 Å². The van der Waals surface area contributed by atoms with Crippen LogP contribution in [0, 0.1) is 19.8 Å². The fraction of sp³-hybridized carbons (Fsp3) is 0.240. The van der Waals surface area contributed by atoms with Gasteiger partial charge >= 0.3 is 0 Å². The largest absolute Gasteiger partial charge is 0.361 e. The highest BCUT2D eigenvalue weighted by atomic mass is 16.5. The van der Waals surface area contributed by atoms with Crippen LogP contribution in [-0.2, 0) is 0 Å². The summed E-state index contributed by atoms with van der Waals surface area (Å²) >= 11 is 0. The van der Waals surface area contributed by atoms with E-state index >= 15 is 0 Å². The van der Waals surface area contributed by atoms with Crippen LogP contribution in [0.25, 0.3) is 27.7 Å². The van der Waals surface area contributed by atoms with Crippen LogP contribution in [0.5, 0.6) is 0 Å². The van der Waals surface area contributed by atoms with Crippen LogP contribution in [0.3, 0.4) is 0 Å². The summed E-state index contributed by atoms with van der Waals surface area (Å²) < 4.78 is 7.40. The molecule has 0 amide bonds. The lowest BCUT2D eigenvalue weighted by Gasteiger charge is -2.21. The average Bonchev–Trinajstić information content (AvgIpc) is 3.31. The Morgan fingerprint density at radius 2 is 1.84 bits per heavy atom. The molecule has 5 rings (SSSR count). The van der Waals surface area contributed by atoms with Gasteiger partial charge in [0.15, 0.2) is 0 Å². The summed E-state index contributed by atoms with van der Waals surface area (Å²) in [5, 5.41) is 4.66. The highest BCUT2D eigenvalue weighted by Gasteiger charge is 2.24. The van der Waals surface area contributed by atoms with E-state index in [0.717, 1.165) is 33.9 Å². The van der Waals surface area contributed by atoms with Crippen molar-refractivity contribution in [1.82, 2.24) is 19.5 Å². The van der Waals surface area contributed by atoms with Gasteiger partial charge in [-0.15, -0.1) is 0 Å². The third-order valence-electron chi connectivity index (χ3n) is 5.94. The Bertz CT molecular complexity index is 1440. The van der Waals surface area contributed by atoms with Crippen molar-refractivity contribution in [3.63, 3.8) is 0 Å². The number of aromatic amines is 1. The minimum Gasteiger partial charge on any atom is -0.361 e. The van der Waals surface area contributed by atoms with Gasteiger partial charge in [-0.05, 0) is 43.0 Å². The van der Waals surface area contributed by atoms with Crippen LogP contribution in [0.4, 0.5) is 0 Å². The Kier molecular flexibility index (Phi) is 4.50. The number of nitrogens with zero attached hydrogens (tertiary/aromatic N) is 3. The first-order chi connectivity index (χ1) is 15.0. The maximum Gasteiger partial charge on any atom is 0.258 e. The van der Waals surface area contributed by atoms with Gasteiger partial charge in [0.05, 0.1) is 22.8 Å². The minimum atomic E-state index is -0.136. The van der Waals surface area contributed by atoms with Crippen LogP contribution in [0.2, 0.25) is 0 Å². The predicted molar refractivity (Wildman–Crippen MR) is 121 cm³/mol. The zero-order valence-corrected chi connectivity index (χ0v) is 18.0. The van der Waals surface area contributed by atoms with Crippen LogP contribution >= 0.6 is 0 Å². The molecule has 0 saturated heterocycles. The topological polar surface area (TPSA) is 76.2 Å². The fourth-order valence-electron chi connectivity index (χ4n) is 4.57. The number of hydrogen-bond donors (Lipinski definition) is 1. The van der Waals surface area contributed by atoms with Crippen LogP contribution < -0.4 is 5.56 Å². The van der Waals surface area contributed by atoms with Gasteiger partial charge in [0.25, 0.3) is 5.56 Å². The molecular formula is C25H24N4O2. The Labute approximate surface area is 179 Å². The van der Waals surface area contributed by atoms with Crippen LogP contribution in [0.15, 0.2) is 64.0 Å². The molecule has 156 valence electrons. The number of fused-ring (bicyclic) bond motifs is 3. The molecular weight excluding hydrogens is 388 g/mol. The van der Waals surface area contributed by atoms with E-state index < -0.39 is 0 Å². The van der Waals surface area contributed by atoms with Gasteiger partial charge < -0.3 is 9.51 Å². The maximum atomic E-state index is 12.9. The van der Waals surface area contributed by atoms with Crippen molar-refractivity contribution < 1.29 is 4.52 Å². The monoisotopic (exact) mass is 412 g/mol. The molecule has 0 fully saturated rings. The standard InChI is InChI=1S/C25H24N4O2/c1-14(2)22(17-8-6-5-7-9-17)24-26-13-21-27-25(30)19-12-18(10-11-20(19)29(21)24)23-15(3)28-31-16(23)4/h5-14,22H,1-4H3,(H,27,30). The molecule has 6 heteroatoms. The number of benzene rings is 2. The Morgan fingerprint density at radius 3 is 2.52 bits per heavy atom. The average molecular weight is 412 g/mol. The zero-order chi connectivity index (χ0) is 21.7. The van der Waals surface area contributed by atoms with E-state index in [1.807, 2.05) is 38.1 Å². The van der Waals surface area contributed by atoms with Crippen molar-refractivity contribution in [2.24, 2.45) is 5.92 Å². The molecule has 2 aromatic carbocycles. The molecule has 0 aliphatic rings. The first kappa shape index (κ1) is 19.3. The van der Waals surface area contributed by atoms with E-state index in [4.69, 9.17) is 9.51 Å². The molecule has 0 radical (unpaired) electrons. The first-order valence-electron chi connectivity index (χ1n) is 10.5. The predicted octanol–water partition coefficient (Wildman–Crippen LogP) is 5.24. The Morgan fingerprint density at radius 1 is 1.06 bits per heavy atom. The number of imidazole rings is 1. The highest BCUT2D eigenvalue weighted by Crippen LogP contribution is 2.33. The van der Waals surface area contributed by atoms with Gasteiger partial charge in [0, 0.05) is 11.5 Å². The number of aromatic nitrogens is 4. The smallest absolute Gasteiger partial charge is 0.258 e. The molecule has 6 nitrogen and oxygen atoms in total. The second kappa shape index (κ2) is 7.23. The summed E-state index contributed by atoms with van der Waals surface area (Å²) in [6.45, 7) is 8.18. The van der Waals surface area contributed by atoms with Crippen molar-refractivity contribution >= 4 is 16.6 Å². The summed E-state index contributed by atoms with van der Waals surface area (Å²) in [5.41, 5.74) is 5.25. The molecule has 3 aromatic heterocycles. The number of rotatable bonds is 4. The molecule has 3 heterocycles. The van der Waals surface area contributed by atoms with E-state index in [-0.39, 0.29) is 11.5 Å². The van der Waals surface area contributed by atoms with E-state index in [9.17, 15) is 4.79 Å². The summed E-state index contributed by atoms with van der Waals surface area (Å²) in [5.74, 6) is 2.08. The van der Waals surface area contributed by atoms with Gasteiger partial charge in [-0.2, -0.15) is 0 Å². The van der Waals surface area contributed by atoms with Gasteiger partial charge in [0.2, 0.25) is 0 Å². The van der Waals surface area contributed by atoms with Gasteiger partial charge in [0.1, 0.15) is 17.2 Å². The summed E-state index contributed by atoms with van der Waals surface area (Å²) in [6, 6.07) is 16.3. The molecule has 0 aliphatic heterocycles. The summed E-state index contributed by atoms with van der Waals surface area (Å²) in [6.07, 6.45) is 1.75. The van der Waals surface area contributed by atoms with Gasteiger partial charge in [-0.1, -0.05) is 55.4 Å². The summed E-state index contributed by atoms with van der Waals surface area (Å²) in [4.78, 5) is 20.7. The lowest BCUT2D eigenvalue weighted by atomic mass is 9.87. The fourth-order valence-corrected chi connectivity index (χ4v) is 4.57. The molecule has 1 atom stereocenters. The molecule has 1 unspecified atom stereocenters. The lowest BCUT2D eigenvalue weighted by molar-refractivity contribution is 0.393. The molecule has 0 bridgehead atoms. The third kappa shape index (κ3) is 3.06. The highest BCUT2D eigenvalue weighted by molar-refractivity contribution is 5.86. The van der Waals surface area contributed by atoms with E-state index in [1.165, 1.54) is 5.56 Å². The Hall–Kier alpha value is -3.67. The van der Waals surface area contributed by atoms with E-state index in [1.54, 1.807) is 6.20 Å². The third-order valence-corrected chi connectivity index (χ3v) is 5.94. The lowest BCUT2D eigenvalue weighted by Crippen LogP contribution is -2.15. The molecule has 1 N–H and O–H groups in total. The maximum absolute atomic E-state index is 12.9. The number of H-pyrrole nitrogens is 1. The Balaban J connectivity index is 1.78.